The molecular formula is C12H14ClNO5S. The fourth-order valence-electron chi connectivity index (χ4n) is 1.49. The molecule has 0 aliphatic rings. The molecule has 0 bridgehead atoms. The van der Waals surface area contributed by atoms with Crippen LogP contribution in [0, 0.1) is 0 Å². The highest BCUT2D eigenvalue weighted by molar-refractivity contribution is 7.90. The van der Waals surface area contributed by atoms with Crippen LogP contribution in [-0.4, -0.2) is 44.0 Å². The summed E-state index contributed by atoms with van der Waals surface area (Å²) in [5.41, 5.74) is 0.357. The molecule has 6 nitrogen and oxygen atoms in total. The van der Waals surface area contributed by atoms with Crippen LogP contribution in [0.4, 0.5) is 5.69 Å². The van der Waals surface area contributed by atoms with Crippen molar-refractivity contribution in [3.63, 3.8) is 0 Å². The number of aliphatic carboxylic acids is 1. The number of carboxylic acid groups (broad SMARTS) is 1. The van der Waals surface area contributed by atoms with Crippen LogP contribution >= 0.6 is 11.6 Å². The summed E-state index contributed by atoms with van der Waals surface area (Å²) in [4.78, 5) is 23.8. The van der Waals surface area contributed by atoms with Crippen molar-refractivity contribution in [2.24, 2.45) is 0 Å². The summed E-state index contributed by atoms with van der Waals surface area (Å²) in [5, 5.41) is 9.29. The van der Waals surface area contributed by atoms with Crippen molar-refractivity contribution in [3.8, 4) is 0 Å². The van der Waals surface area contributed by atoms with Crippen molar-refractivity contribution in [3.05, 3.63) is 29.3 Å². The molecule has 0 saturated heterocycles. The first-order chi connectivity index (χ1) is 9.19. The Morgan fingerprint density at radius 3 is 2.25 bits per heavy atom. The van der Waals surface area contributed by atoms with Gasteiger partial charge in [-0.2, -0.15) is 0 Å². The highest BCUT2D eigenvalue weighted by Gasteiger charge is 2.20. The molecule has 1 aromatic carbocycles. The second-order valence-electron chi connectivity index (χ2n) is 4.23. The van der Waals surface area contributed by atoms with Crippen molar-refractivity contribution < 1.29 is 23.1 Å². The van der Waals surface area contributed by atoms with Crippen molar-refractivity contribution in [2.45, 2.75) is 6.42 Å². The molecule has 0 spiro atoms. The molecule has 1 N–H and O–H groups in total. The Balaban J connectivity index is 2.91. The standard InChI is InChI=1S/C12H14ClNO5S/c1-20(18,19)7-6-11(15)14(8-12(16)17)10-4-2-9(13)3-5-10/h2-5H,6-8H2,1H3,(H,16,17). The minimum Gasteiger partial charge on any atom is -0.480 e. The second-order valence-corrected chi connectivity index (χ2v) is 6.93. The van der Waals surface area contributed by atoms with Crippen molar-refractivity contribution >= 4 is 39.0 Å². The number of rotatable bonds is 6. The molecule has 1 amide bonds. The Hall–Kier alpha value is -1.60. The monoisotopic (exact) mass is 319 g/mol. The number of hydrogen-bond acceptors (Lipinski definition) is 4. The molecule has 0 aliphatic heterocycles. The number of carboxylic acids is 1. The van der Waals surface area contributed by atoms with E-state index < -0.39 is 28.3 Å². The van der Waals surface area contributed by atoms with E-state index in [1.165, 1.54) is 24.3 Å². The third-order valence-corrected chi connectivity index (χ3v) is 3.62. The van der Waals surface area contributed by atoms with Crippen molar-refractivity contribution in [1.82, 2.24) is 0 Å². The summed E-state index contributed by atoms with van der Waals surface area (Å²) < 4.78 is 22.1. The highest BCUT2D eigenvalue weighted by Crippen LogP contribution is 2.18. The summed E-state index contributed by atoms with van der Waals surface area (Å²) in [7, 11) is -3.29. The largest absolute Gasteiger partial charge is 0.480 e. The maximum Gasteiger partial charge on any atom is 0.323 e. The van der Waals surface area contributed by atoms with E-state index in [2.05, 4.69) is 0 Å². The summed E-state index contributed by atoms with van der Waals surface area (Å²) in [6.07, 6.45) is 0.749. The molecule has 0 heterocycles. The van der Waals surface area contributed by atoms with Crippen LogP contribution in [0.2, 0.25) is 5.02 Å². The lowest BCUT2D eigenvalue weighted by Gasteiger charge is -2.20. The van der Waals surface area contributed by atoms with Crippen molar-refractivity contribution in [2.75, 3.05) is 23.5 Å². The van der Waals surface area contributed by atoms with E-state index in [9.17, 15) is 18.0 Å². The molecule has 1 aromatic rings. The van der Waals surface area contributed by atoms with Crippen LogP contribution < -0.4 is 4.90 Å². The molecular weight excluding hydrogens is 306 g/mol. The van der Waals surface area contributed by atoms with Gasteiger partial charge in [0.1, 0.15) is 16.4 Å². The number of anilines is 1. The van der Waals surface area contributed by atoms with E-state index in [1.807, 2.05) is 0 Å². The van der Waals surface area contributed by atoms with Gasteiger partial charge in [0.05, 0.1) is 5.75 Å². The molecule has 20 heavy (non-hydrogen) atoms. The molecule has 0 radical (unpaired) electrons. The number of nitrogens with zero attached hydrogens (tertiary/aromatic N) is 1. The predicted octanol–water partition coefficient (Wildman–Crippen LogP) is 1.19. The molecule has 0 saturated carbocycles. The summed E-state index contributed by atoms with van der Waals surface area (Å²) >= 11 is 5.72. The maximum absolute atomic E-state index is 12.0. The first-order valence-electron chi connectivity index (χ1n) is 5.64. The quantitative estimate of drug-likeness (QED) is 0.850. The van der Waals surface area contributed by atoms with Gasteiger partial charge in [0, 0.05) is 23.4 Å². The molecule has 0 aliphatic carbocycles. The van der Waals surface area contributed by atoms with E-state index in [-0.39, 0.29) is 12.2 Å². The molecule has 8 heteroatoms. The van der Waals surface area contributed by atoms with Gasteiger partial charge in [-0.15, -0.1) is 0 Å². The fourth-order valence-corrected chi connectivity index (χ4v) is 2.16. The topological polar surface area (TPSA) is 91.8 Å². The number of carbonyl (C=O) groups excluding carboxylic acids is 1. The van der Waals surface area contributed by atoms with Gasteiger partial charge >= 0.3 is 5.97 Å². The van der Waals surface area contributed by atoms with Gasteiger partial charge < -0.3 is 10.0 Å². The average molecular weight is 320 g/mol. The molecule has 0 atom stereocenters. The molecule has 0 aromatic heterocycles. The van der Waals surface area contributed by atoms with Gasteiger partial charge in [-0.1, -0.05) is 11.6 Å². The number of hydrogen-bond donors (Lipinski definition) is 1. The maximum atomic E-state index is 12.0. The van der Waals surface area contributed by atoms with Crippen LogP contribution in [0.1, 0.15) is 6.42 Å². The fraction of sp³-hybridized carbons (Fsp3) is 0.333. The smallest absolute Gasteiger partial charge is 0.323 e. The first-order valence-corrected chi connectivity index (χ1v) is 8.08. The van der Waals surface area contributed by atoms with Gasteiger partial charge in [-0.3, -0.25) is 9.59 Å². The zero-order valence-electron chi connectivity index (χ0n) is 10.7. The molecule has 110 valence electrons. The normalized spacial score (nSPS) is 11.1. The molecule has 0 fully saturated rings. The number of carbonyl (C=O) groups is 2. The van der Waals surface area contributed by atoms with Crippen LogP contribution in [0.15, 0.2) is 24.3 Å². The molecule has 1 rings (SSSR count). The average Bonchev–Trinajstić information content (AvgIpc) is 2.33. The Labute approximate surface area is 121 Å². The Morgan fingerprint density at radius 1 is 1.25 bits per heavy atom. The number of halogens is 1. The lowest BCUT2D eigenvalue weighted by atomic mass is 10.2. The van der Waals surface area contributed by atoms with Gasteiger partial charge in [0.15, 0.2) is 0 Å². The summed E-state index contributed by atoms with van der Waals surface area (Å²) in [5.74, 6) is -2.08. The third kappa shape index (κ3) is 5.58. The number of benzene rings is 1. The van der Waals surface area contributed by atoms with E-state index in [4.69, 9.17) is 16.7 Å². The predicted molar refractivity (Wildman–Crippen MR) is 75.8 cm³/mol. The van der Waals surface area contributed by atoms with Gasteiger partial charge in [-0.25, -0.2) is 8.42 Å². The third-order valence-electron chi connectivity index (χ3n) is 2.42. The second kappa shape index (κ2) is 6.71. The summed E-state index contributed by atoms with van der Waals surface area (Å²) in [6.45, 7) is -0.537. The minimum absolute atomic E-state index is 0.269. The van der Waals surface area contributed by atoms with Crippen LogP contribution in [-0.2, 0) is 19.4 Å². The summed E-state index contributed by atoms with van der Waals surface area (Å²) in [6, 6.07) is 6.05. The van der Waals surface area contributed by atoms with Crippen molar-refractivity contribution in [1.29, 1.82) is 0 Å². The Kier molecular flexibility index (Phi) is 5.52. The minimum atomic E-state index is -3.29. The van der Waals surface area contributed by atoms with Crippen LogP contribution in [0.25, 0.3) is 0 Å². The lowest BCUT2D eigenvalue weighted by molar-refractivity contribution is -0.136. The van der Waals surface area contributed by atoms with E-state index in [0.717, 1.165) is 11.2 Å². The van der Waals surface area contributed by atoms with Gasteiger partial charge in [-0.05, 0) is 24.3 Å². The Morgan fingerprint density at radius 2 is 1.80 bits per heavy atom. The number of amides is 1. The zero-order valence-corrected chi connectivity index (χ0v) is 12.3. The van der Waals surface area contributed by atoms with Gasteiger partial charge in [0.2, 0.25) is 5.91 Å². The lowest BCUT2D eigenvalue weighted by Crippen LogP contribution is -2.36. The van der Waals surface area contributed by atoms with E-state index in [0.29, 0.717) is 10.7 Å². The Bertz CT molecular complexity index is 597. The molecule has 0 unspecified atom stereocenters. The van der Waals surface area contributed by atoms with Crippen LogP contribution in [0.3, 0.4) is 0 Å². The first kappa shape index (κ1) is 16.5. The van der Waals surface area contributed by atoms with Gasteiger partial charge in [0.25, 0.3) is 0 Å². The van der Waals surface area contributed by atoms with E-state index in [1.54, 1.807) is 0 Å². The SMILES string of the molecule is CS(=O)(=O)CCC(=O)N(CC(=O)O)c1ccc(Cl)cc1. The highest BCUT2D eigenvalue weighted by atomic mass is 35.5. The number of sulfone groups is 1. The zero-order chi connectivity index (χ0) is 15.3. The van der Waals surface area contributed by atoms with E-state index >= 15 is 0 Å². The van der Waals surface area contributed by atoms with Crippen LogP contribution in [0.5, 0.6) is 0 Å².